The maximum absolute atomic E-state index is 13.5. The van der Waals surface area contributed by atoms with E-state index in [4.69, 9.17) is 4.98 Å². The number of likely N-dealkylation sites (tertiary alicyclic amines) is 1. The molecule has 0 atom stereocenters. The van der Waals surface area contributed by atoms with E-state index < -0.39 is 0 Å². The number of hydrogen-bond donors (Lipinski definition) is 1. The fraction of sp³-hybridized carbons (Fsp3) is 0.476. The van der Waals surface area contributed by atoms with E-state index in [0.717, 1.165) is 71.9 Å². The van der Waals surface area contributed by atoms with Gasteiger partial charge in [0.15, 0.2) is 5.65 Å². The number of aromatic nitrogens is 3. The molecular weight excluding hydrogens is 370 g/mol. The average molecular weight is 396 g/mol. The Kier molecular flexibility index (Phi) is 4.25. The molecule has 0 saturated carbocycles. The first-order chi connectivity index (χ1) is 13.6. The Labute approximate surface area is 168 Å². The highest BCUT2D eigenvalue weighted by Gasteiger charge is 2.38. The van der Waals surface area contributed by atoms with Gasteiger partial charge in [-0.3, -0.25) is 9.48 Å². The van der Waals surface area contributed by atoms with E-state index in [1.807, 2.05) is 42.5 Å². The highest BCUT2D eigenvalue weighted by Crippen LogP contribution is 2.38. The molecule has 7 heteroatoms. The largest absolute Gasteiger partial charge is 0.339 e. The SMILES string of the molecule is Cc1nn(C)c2nc(-c3cccs3)cc(C(=O)N3CCC4(CCNC4)CC3)c12. The molecule has 146 valence electrons. The molecule has 0 unspecified atom stereocenters. The van der Waals surface area contributed by atoms with Gasteiger partial charge in [-0.25, -0.2) is 4.98 Å². The molecule has 5 heterocycles. The monoisotopic (exact) mass is 395 g/mol. The van der Waals surface area contributed by atoms with Crippen LogP contribution in [0.5, 0.6) is 0 Å². The Bertz CT molecular complexity index is 1020. The molecule has 0 aromatic carbocycles. The molecule has 1 amide bonds. The van der Waals surface area contributed by atoms with Crippen molar-refractivity contribution in [2.24, 2.45) is 12.5 Å². The third-order valence-corrected chi connectivity index (χ3v) is 7.31. The molecule has 2 aliphatic heterocycles. The third kappa shape index (κ3) is 2.84. The molecule has 2 fully saturated rings. The first kappa shape index (κ1) is 17.8. The molecule has 2 aliphatic rings. The number of carbonyl (C=O) groups excluding carboxylic acids is 1. The highest BCUT2D eigenvalue weighted by atomic mass is 32.1. The Morgan fingerprint density at radius 2 is 2.11 bits per heavy atom. The van der Waals surface area contributed by atoms with E-state index in [1.54, 1.807) is 16.0 Å². The molecular formula is C21H25N5OS. The van der Waals surface area contributed by atoms with Gasteiger partial charge in [0.2, 0.25) is 0 Å². The second-order valence-corrected chi connectivity index (χ2v) is 9.11. The van der Waals surface area contributed by atoms with Crippen LogP contribution in [0.3, 0.4) is 0 Å². The van der Waals surface area contributed by atoms with Gasteiger partial charge in [0.25, 0.3) is 5.91 Å². The van der Waals surface area contributed by atoms with Gasteiger partial charge in [-0.05, 0) is 55.7 Å². The van der Waals surface area contributed by atoms with Crippen molar-refractivity contribution in [3.63, 3.8) is 0 Å². The van der Waals surface area contributed by atoms with Gasteiger partial charge in [-0.15, -0.1) is 11.3 Å². The lowest BCUT2D eigenvalue weighted by Gasteiger charge is -2.39. The summed E-state index contributed by atoms with van der Waals surface area (Å²) in [5, 5.41) is 11.0. The molecule has 6 nitrogen and oxygen atoms in total. The quantitative estimate of drug-likeness (QED) is 0.724. The van der Waals surface area contributed by atoms with Crippen LogP contribution in [0.15, 0.2) is 23.6 Å². The lowest BCUT2D eigenvalue weighted by molar-refractivity contribution is 0.0609. The first-order valence-electron chi connectivity index (χ1n) is 9.95. The molecule has 5 rings (SSSR count). The van der Waals surface area contributed by atoms with E-state index >= 15 is 0 Å². The zero-order valence-electron chi connectivity index (χ0n) is 16.4. The van der Waals surface area contributed by atoms with Crippen LogP contribution in [-0.2, 0) is 7.05 Å². The predicted molar refractivity (Wildman–Crippen MR) is 112 cm³/mol. The minimum absolute atomic E-state index is 0.113. The smallest absolute Gasteiger partial charge is 0.254 e. The summed E-state index contributed by atoms with van der Waals surface area (Å²) in [6, 6.07) is 6.03. The van der Waals surface area contributed by atoms with Crippen molar-refractivity contribution < 1.29 is 4.79 Å². The standard InChI is InChI=1S/C21H25N5OS/c1-14-18-15(20(27)26-9-6-21(7-10-26)5-8-22-13-21)12-16(17-4-3-11-28-17)23-19(18)25(2)24-14/h3-4,11-12,22H,5-10,13H2,1-2H3. The Hall–Kier alpha value is -2.25. The van der Waals surface area contributed by atoms with E-state index in [2.05, 4.69) is 10.4 Å². The van der Waals surface area contributed by atoms with Crippen LogP contribution >= 0.6 is 11.3 Å². The number of aryl methyl sites for hydroxylation is 2. The van der Waals surface area contributed by atoms with Crippen LogP contribution in [0.25, 0.3) is 21.6 Å². The molecule has 0 bridgehead atoms. The van der Waals surface area contributed by atoms with E-state index in [1.165, 1.54) is 6.42 Å². The number of nitrogens with zero attached hydrogens (tertiary/aromatic N) is 4. The second-order valence-electron chi connectivity index (χ2n) is 8.16. The maximum atomic E-state index is 13.5. The summed E-state index contributed by atoms with van der Waals surface area (Å²) in [5.74, 6) is 0.113. The number of piperidine rings is 1. The fourth-order valence-corrected chi connectivity index (χ4v) is 5.43. The van der Waals surface area contributed by atoms with Gasteiger partial charge in [0, 0.05) is 26.7 Å². The van der Waals surface area contributed by atoms with Crippen LogP contribution < -0.4 is 5.32 Å². The second kappa shape index (κ2) is 6.67. The van der Waals surface area contributed by atoms with Crippen LogP contribution in [0.2, 0.25) is 0 Å². The Balaban J connectivity index is 1.53. The summed E-state index contributed by atoms with van der Waals surface area (Å²) in [5.41, 5.74) is 3.62. The van der Waals surface area contributed by atoms with Gasteiger partial charge in [0.05, 0.1) is 27.2 Å². The first-order valence-corrected chi connectivity index (χ1v) is 10.8. The van der Waals surface area contributed by atoms with E-state index in [0.29, 0.717) is 5.41 Å². The number of rotatable bonds is 2. The van der Waals surface area contributed by atoms with Crippen LogP contribution in [0.1, 0.15) is 35.3 Å². The van der Waals surface area contributed by atoms with Crippen LogP contribution in [-0.4, -0.2) is 51.8 Å². The van der Waals surface area contributed by atoms with Crippen molar-refractivity contribution in [3.05, 3.63) is 34.8 Å². The van der Waals surface area contributed by atoms with Crippen molar-refractivity contribution in [2.75, 3.05) is 26.2 Å². The van der Waals surface area contributed by atoms with Gasteiger partial charge < -0.3 is 10.2 Å². The topological polar surface area (TPSA) is 63.1 Å². The molecule has 28 heavy (non-hydrogen) atoms. The number of thiophene rings is 1. The number of carbonyl (C=O) groups is 1. The average Bonchev–Trinajstić information content (AvgIpc) is 3.44. The van der Waals surface area contributed by atoms with E-state index in [-0.39, 0.29) is 5.91 Å². The summed E-state index contributed by atoms with van der Waals surface area (Å²) in [4.78, 5) is 21.5. The van der Waals surface area contributed by atoms with Gasteiger partial charge in [-0.2, -0.15) is 5.10 Å². The lowest BCUT2D eigenvalue weighted by atomic mass is 9.77. The van der Waals surface area contributed by atoms with Crippen LogP contribution in [0.4, 0.5) is 0 Å². The summed E-state index contributed by atoms with van der Waals surface area (Å²) in [7, 11) is 1.90. The van der Waals surface area contributed by atoms with Crippen molar-refractivity contribution >= 4 is 28.3 Å². The van der Waals surface area contributed by atoms with Crippen molar-refractivity contribution in [1.29, 1.82) is 0 Å². The zero-order valence-corrected chi connectivity index (χ0v) is 17.2. The maximum Gasteiger partial charge on any atom is 0.254 e. The fourth-order valence-electron chi connectivity index (χ4n) is 4.74. The number of fused-ring (bicyclic) bond motifs is 1. The normalized spacial score (nSPS) is 19.0. The number of pyridine rings is 1. The van der Waals surface area contributed by atoms with E-state index in [9.17, 15) is 4.79 Å². The molecule has 0 radical (unpaired) electrons. The predicted octanol–water partition coefficient (Wildman–Crippen LogP) is 3.22. The summed E-state index contributed by atoms with van der Waals surface area (Å²) in [6.45, 7) is 5.83. The molecule has 2 saturated heterocycles. The van der Waals surface area contributed by atoms with Crippen molar-refractivity contribution in [1.82, 2.24) is 25.0 Å². The Morgan fingerprint density at radius 3 is 2.79 bits per heavy atom. The summed E-state index contributed by atoms with van der Waals surface area (Å²) in [6.07, 6.45) is 3.41. The van der Waals surface area contributed by atoms with Gasteiger partial charge >= 0.3 is 0 Å². The minimum Gasteiger partial charge on any atom is -0.339 e. The van der Waals surface area contributed by atoms with Crippen molar-refractivity contribution in [2.45, 2.75) is 26.2 Å². The van der Waals surface area contributed by atoms with Gasteiger partial charge in [-0.1, -0.05) is 6.07 Å². The molecule has 3 aromatic rings. The Morgan fingerprint density at radius 1 is 1.29 bits per heavy atom. The van der Waals surface area contributed by atoms with Gasteiger partial charge in [0.1, 0.15) is 0 Å². The van der Waals surface area contributed by atoms with Crippen LogP contribution in [0, 0.1) is 12.3 Å². The molecule has 3 aromatic heterocycles. The lowest BCUT2D eigenvalue weighted by Crippen LogP contribution is -2.44. The molecule has 1 N–H and O–H groups in total. The molecule has 0 aliphatic carbocycles. The summed E-state index contributed by atoms with van der Waals surface area (Å²) >= 11 is 1.64. The number of amides is 1. The van der Waals surface area contributed by atoms with Crippen molar-refractivity contribution in [3.8, 4) is 10.6 Å². The minimum atomic E-state index is 0.113. The third-order valence-electron chi connectivity index (χ3n) is 6.42. The zero-order chi connectivity index (χ0) is 19.3. The number of hydrogen-bond acceptors (Lipinski definition) is 5. The summed E-state index contributed by atoms with van der Waals surface area (Å²) < 4.78 is 1.79. The number of nitrogens with one attached hydrogen (secondary N) is 1. The molecule has 1 spiro atoms. The highest BCUT2D eigenvalue weighted by molar-refractivity contribution is 7.13.